The number of allylic oxidation sites excluding steroid dienone is 1. The molecular weight excluding hydrogens is 394 g/mol. The smallest absolute Gasteiger partial charge is 0.434 e. The Morgan fingerprint density at radius 2 is 2.00 bits per heavy atom. The van der Waals surface area contributed by atoms with Crippen LogP contribution in [0.1, 0.15) is 56.6 Å². The minimum absolute atomic E-state index is 0.214. The SMILES string of the molecule is CCCCOC(=O)n1cc2c(n1)NC(CCC)=C(C(=O)O)C2c1ccccc1Cl. The predicted molar refractivity (Wildman–Crippen MR) is 110 cm³/mol. The standard InChI is InChI=1S/C21H24ClN3O4/c1-3-5-11-29-21(28)25-12-14-17(13-9-6-7-10-15(13)22)18(20(26)27)16(8-4-2)23-19(14)24-25/h6-7,9-10,12,17H,3-5,8,11H2,1-2H3,(H,23,24)(H,26,27). The molecule has 0 amide bonds. The maximum atomic E-state index is 12.4. The van der Waals surface area contributed by atoms with Gasteiger partial charge in [0.2, 0.25) is 0 Å². The van der Waals surface area contributed by atoms with Crippen molar-refractivity contribution in [3.63, 3.8) is 0 Å². The van der Waals surface area contributed by atoms with E-state index in [4.69, 9.17) is 16.3 Å². The fraction of sp³-hybridized carbons (Fsp3) is 0.381. The van der Waals surface area contributed by atoms with Crippen molar-refractivity contribution in [3.8, 4) is 0 Å². The van der Waals surface area contributed by atoms with Crippen LogP contribution in [0.5, 0.6) is 0 Å². The lowest BCUT2D eigenvalue weighted by molar-refractivity contribution is -0.133. The Morgan fingerprint density at radius 3 is 2.66 bits per heavy atom. The van der Waals surface area contributed by atoms with Gasteiger partial charge in [-0.1, -0.05) is 56.5 Å². The minimum atomic E-state index is -1.03. The number of aliphatic carboxylic acids is 1. The highest BCUT2D eigenvalue weighted by atomic mass is 35.5. The van der Waals surface area contributed by atoms with Crippen LogP contribution in [0.2, 0.25) is 5.02 Å². The van der Waals surface area contributed by atoms with E-state index in [9.17, 15) is 14.7 Å². The largest absolute Gasteiger partial charge is 0.478 e. The summed E-state index contributed by atoms with van der Waals surface area (Å²) in [6.07, 6.45) is 3.89. The number of rotatable bonds is 7. The fourth-order valence-corrected chi connectivity index (χ4v) is 3.68. The molecule has 0 fully saturated rings. The van der Waals surface area contributed by atoms with Gasteiger partial charge >= 0.3 is 12.1 Å². The number of fused-ring (bicyclic) bond motifs is 1. The van der Waals surface area contributed by atoms with Gasteiger partial charge in [0.1, 0.15) is 0 Å². The first-order chi connectivity index (χ1) is 14.0. The van der Waals surface area contributed by atoms with E-state index in [0.29, 0.717) is 40.7 Å². The average Bonchev–Trinajstić information content (AvgIpc) is 3.11. The van der Waals surface area contributed by atoms with Gasteiger partial charge in [-0.05, 0) is 24.5 Å². The Bertz CT molecular complexity index is 951. The van der Waals surface area contributed by atoms with E-state index in [1.807, 2.05) is 19.9 Å². The normalized spacial score (nSPS) is 15.6. The molecule has 1 atom stereocenters. The van der Waals surface area contributed by atoms with Crippen LogP contribution in [0.4, 0.5) is 10.6 Å². The lowest BCUT2D eigenvalue weighted by Crippen LogP contribution is -2.23. The second-order valence-electron chi connectivity index (χ2n) is 6.87. The molecule has 2 N–H and O–H groups in total. The zero-order valence-corrected chi connectivity index (χ0v) is 17.2. The third-order valence-electron chi connectivity index (χ3n) is 4.79. The molecule has 154 valence electrons. The van der Waals surface area contributed by atoms with Gasteiger partial charge in [-0.3, -0.25) is 0 Å². The number of benzene rings is 1. The van der Waals surface area contributed by atoms with Gasteiger partial charge in [0.25, 0.3) is 0 Å². The van der Waals surface area contributed by atoms with E-state index in [0.717, 1.165) is 23.9 Å². The number of carbonyl (C=O) groups is 2. The number of carboxylic acids is 1. The number of carbonyl (C=O) groups excluding carboxylic acids is 1. The highest BCUT2D eigenvalue weighted by Crippen LogP contribution is 2.44. The van der Waals surface area contributed by atoms with Gasteiger partial charge in [-0.15, -0.1) is 5.10 Å². The second kappa shape index (κ2) is 9.13. The van der Waals surface area contributed by atoms with Crippen LogP contribution < -0.4 is 5.32 Å². The maximum Gasteiger partial charge on any atom is 0.434 e. The highest BCUT2D eigenvalue weighted by molar-refractivity contribution is 6.31. The Labute approximate surface area is 174 Å². The summed E-state index contributed by atoms with van der Waals surface area (Å²) in [6, 6.07) is 7.12. The van der Waals surface area contributed by atoms with Crippen molar-refractivity contribution in [2.45, 2.75) is 45.4 Å². The molecule has 2 aromatic rings. The molecule has 0 saturated heterocycles. The number of anilines is 1. The molecule has 1 aliphatic heterocycles. The molecule has 2 heterocycles. The van der Waals surface area contributed by atoms with Crippen LogP contribution in [-0.2, 0) is 9.53 Å². The molecule has 8 heteroatoms. The van der Waals surface area contributed by atoms with Crippen LogP contribution in [0.3, 0.4) is 0 Å². The van der Waals surface area contributed by atoms with E-state index in [1.165, 1.54) is 6.20 Å². The lowest BCUT2D eigenvalue weighted by Gasteiger charge is -2.27. The van der Waals surface area contributed by atoms with Crippen molar-refractivity contribution >= 4 is 29.5 Å². The summed E-state index contributed by atoms with van der Waals surface area (Å²) >= 11 is 6.42. The van der Waals surface area contributed by atoms with Crippen LogP contribution in [0, 0.1) is 0 Å². The highest BCUT2D eigenvalue weighted by Gasteiger charge is 2.36. The molecule has 0 bridgehead atoms. The number of hydrogen-bond donors (Lipinski definition) is 2. The molecule has 29 heavy (non-hydrogen) atoms. The number of ether oxygens (including phenoxy) is 1. The van der Waals surface area contributed by atoms with E-state index in [2.05, 4.69) is 10.4 Å². The summed E-state index contributed by atoms with van der Waals surface area (Å²) in [6.45, 7) is 4.28. The van der Waals surface area contributed by atoms with Gasteiger partial charge in [-0.2, -0.15) is 4.68 Å². The number of halogens is 1. The number of unbranched alkanes of at least 4 members (excludes halogenated alkanes) is 1. The number of aromatic nitrogens is 2. The molecular formula is C21H24ClN3O4. The van der Waals surface area contributed by atoms with Gasteiger partial charge in [0.05, 0.1) is 12.2 Å². The first kappa shape index (κ1) is 20.9. The first-order valence-corrected chi connectivity index (χ1v) is 10.1. The summed E-state index contributed by atoms with van der Waals surface area (Å²) < 4.78 is 6.35. The number of nitrogens with one attached hydrogen (secondary N) is 1. The quantitative estimate of drug-likeness (QED) is 0.614. The van der Waals surface area contributed by atoms with E-state index < -0.39 is 18.0 Å². The molecule has 0 saturated carbocycles. The van der Waals surface area contributed by atoms with E-state index >= 15 is 0 Å². The Balaban J connectivity index is 2.09. The predicted octanol–water partition coefficient (Wildman–Crippen LogP) is 5.02. The van der Waals surface area contributed by atoms with E-state index in [1.54, 1.807) is 18.2 Å². The van der Waals surface area contributed by atoms with Crippen LogP contribution in [0.25, 0.3) is 0 Å². The topological polar surface area (TPSA) is 93.5 Å². The monoisotopic (exact) mass is 417 g/mol. The third kappa shape index (κ3) is 4.29. The maximum absolute atomic E-state index is 12.4. The van der Waals surface area contributed by atoms with Crippen molar-refractivity contribution in [3.05, 3.63) is 57.9 Å². The van der Waals surface area contributed by atoms with Crippen molar-refractivity contribution in [1.29, 1.82) is 0 Å². The molecule has 1 aliphatic rings. The van der Waals surface area contributed by atoms with Crippen LogP contribution >= 0.6 is 11.6 Å². The molecule has 1 aromatic carbocycles. The van der Waals surface area contributed by atoms with Crippen molar-refractivity contribution < 1.29 is 19.4 Å². The molecule has 3 rings (SSSR count). The second-order valence-corrected chi connectivity index (χ2v) is 7.28. The minimum Gasteiger partial charge on any atom is -0.478 e. The Morgan fingerprint density at radius 1 is 1.24 bits per heavy atom. The zero-order chi connectivity index (χ0) is 21.0. The summed E-state index contributed by atoms with van der Waals surface area (Å²) in [5.41, 5.74) is 2.01. The first-order valence-electron chi connectivity index (χ1n) is 9.72. The molecule has 0 aliphatic carbocycles. The summed E-state index contributed by atoms with van der Waals surface area (Å²) in [4.78, 5) is 24.6. The lowest BCUT2D eigenvalue weighted by atomic mass is 9.82. The molecule has 0 radical (unpaired) electrons. The summed E-state index contributed by atoms with van der Waals surface area (Å²) in [5.74, 6) is -1.23. The summed E-state index contributed by atoms with van der Waals surface area (Å²) in [5, 5.41) is 17.9. The van der Waals surface area contributed by atoms with Crippen LogP contribution in [0.15, 0.2) is 41.7 Å². The molecule has 7 nitrogen and oxygen atoms in total. The number of nitrogens with zero attached hydrogens (tertiary/aromatic N) is 2. The van der Waals surface area contributed by atoms with Gasteiger partial charge in [0, 0.05) is 28.4 Å². The molecule has 0 spiro atoms. The van der Waals surface area contributed by atoms with Crippen molar-refractivity contribution in [1.82, 2.24) is 9.78 Å². The van der Waals surface area contributed by atoms with E-state index in [-0.39, 0.29) is 5.57 Å². The van der Waals surface area contributed by atoms with Gasteiger partial charge < -0.3 is 15.2 Å². The third-order valence-corrected chi connectivity index (χ3v) is 5.14. The fourth-order valence-electron chi connectivity index (χ4n) is 3.43. The molecule has 1 unspecified atom stereocenters. The summed E-state index contributed by atoms with van der Waals surface area (Å²) in [7, 11) is 0. The Kier molecular flexibility index (Phi) is 6.59. The number of carboxylic acid groups (broad SMARTS) is 1. The van der Waals surface area contributed by atoms with Crippen molar-refractivity contribution in [2.24, 2.45) is 0 Å². The van der Waals surface area contributed by atoms with Gasteiger partial charge in [0.15, 0.2) is 5.82 Å². The zero-order valence-electron chi connectivity index (χ0n) is 16.4. The van der Waals surface area contributed by atoms with Crippen molar-refractivity contribution in [2.75, 3.05) is 11.9 Å². The Hall–Kier alpha value is -2.80. The average molecular weight is 418 g/mol. The molecule has 1 aromatic heterocycles. The van der Waals surface area contributed by atoms with Gasteiger partial charge in [-0.25, -0.2) is 9.59 Å². The number of hydrogen-bond acceptors (Lipinski definition) is 5. The van der Waals surface area contributed by atoms with Crippen LogP contribution in [-0.4, -0.2) is 33.6 Å².